The molecule has 76 valence electrons. The number of hydrogen-bond donors (Lipinski definition) is 2. The number of rotatable bonds is 2. The molecule has 0 radical (unpaired) electrons. The lowest BCUT2D eigenvalue weighted by molar-refractivity contribution is 1.19. The Morgan fingerprint density at radius 1 is 1.13 bits per heavy atom. The van der Waals surface area contributed by atoms with Crippen LogP contribution in [0.4, 0.5) is 5.69 Å². The summed E-state index contributed by atoms with van der Waals surface area (Å²) in [5.74, 6) is 5.34. The third-order valence-electron chi connectivity index (χ3n) is 2.12. The van der Waals surface area contributed by atoms with Crippen LogP contribution in [-0.2, 0) is 0 Å². The first-order valence-electron chi connectivity index (χ1n) is 4.65. The van der Waals surface area contributed by atoms with Crippen molar-refractivity contribution in [3.63, 3.8) is 0 Å². The van der Waals surface area contributed by atoms with Gasteiger partial charge in [-0.2, -0.15) is 0 Å². The molecule has 3 N–H and O–H groups in total. The number of anilines is 1. The zero-order valence-corrected chi connectivity index (χ0v) is 8.44. The number of nitrogen functional groups attached to an aromatic ring is 1. The van der Waals surface area contributed by atoms with Crippen molar-refractivity contribution < 1.29 is 0 Å². The first-order chi connectivity index (χ1) is 7.29. The minimum Gasteiger partial charge on any atom is -0.324 e. The molecule has 2 heterocycles. The quantitative estimate of drug-likeness (QED) is 0.572. The van der Waals surface area contributed by atoms with Crippen LogP contribution in [0, 0.1) is 6.92 Å². The molecular weight excluding hydrogens is 188 g/mol. The fourth-order valence-electron chi connectivity index (χ4n) is 1.38. The largest absolute Gasteiger partial charge is 0.324 e. The third kappa shape index (κ3) is 2.11. The molecule has 2 rings (SSSR count). The summed E-state index contributed by atoms with van der Waals surface area (Å²) in [7, 11) is 0. The van der Waals surface area contributed by atoms with Crippen LogP contribution < -0.4 is 11.3 Å². The zero-order chi connectivity index (χ0) is 10.7. The van der Waals surface area contributed by atoms with Crippen molar-refractivity contribution in [2.45, 2.75) is 6.92 Å². The van der Waals surface area contributed by atoms with E-state index in [1.54, 1.807) is 12.4 Å². The number of nitrogens with one attached hydrogen (secondary N) is 1. The molecule has 15 heavy (non-hydrogen) atoms. The molecule has 0 aliphatic rings. The highest BCUT2D eigenvalue weighted by Crippen LogP contribution is 2.19. The first-order valence-corrected chi connectivity index (χ1v) is 4.65. The summed E-state index contributed by atoms with van der Waals surface area (Å²) in [4.78, 5) is 8.42. The van der Waals surface area contributed by atoms with Crippen LogP contribution in [0.25, 0.3) is 11.3 Å². The Balaban J connectivity index is 2.44. The average Bonchev–Trinajstić information content (AvgIpc) is 2.29. The van der Waals surface area contributed by atoms with Crippen molar-refractivity contribution in [1.82, 2.24) is 9.97 Å². The predicted molar refractivity (Wildman–Crippen MR) is 60.0 cm³/mol. The Morgan fingerprint density at radius 3 is 2.67 bits per heavy atom. The van der Waals surface area contributed by atoms with E-state index in [4.69, 9.17) is 5.84 Å². The van der Waals surface area contributed by atoms with E-state index in [-0.39, 0.29) is 0 Å². The van der Waals surface area contributed by atoms with Gasteiger partial charge in [0.1, 0.15) is 0 Å². The number of hydrazine groups is 1. The van der Waals surface area contributed by atoms with Crippen LogP contribution in [0.15, 0.2) is 36.7 Å². The SMILES string of the molecule is Cc1cc(-c2cc(NN)ccn2)ccn1. The molecule has 4 heteroatoms. The Morgan fingerprint density at radius 2 is 1.93 bits per heavy atom. The molecule has 0 bridgehead atoms. The number of aromatic nitrogens is 2. The van der Waals surface area contributed by atoms with E-state index in [0.29, 0.717) is 0 Å². The summed E-state index contributed by atoms with van der Waals surface area (Å²) in [6, 6.07) is 7.63. The highest BCUT2D eigenvalue weighted by Gasteiger charge is 2.00. The van der Waals surface area contributed by atoms with Crippen LogP contribution in [0.1, 0.15) is 5.69 Å². The minimum absolute atomic E-state index is 0.842. The van der Waals surface area contributed by atoms with E-state index in [1.807, 2.05) is 31.2 Å². The molecule has 0 aromatic carbocycles. The molecule has 2 aromatic heterocycles. The van der Waals surface area contributed by atoms with Gasteiger partial charge < -0.3 is 5.43 Å². The van der Waals surface area contributed by atoms with Gasteiger partial charge in [0.2, 0.25) is 0 Å². The first kappa shape index (κ1) is 9.61. The molecule has 2 aromatic rings. The Bertz CT molecular complexity index is 468. The molecule has 0 spiro atoms. The van der Waals surface area contributed by atoms with Crippen molar-refractivity contribution in [3.05, 3.63) is 42.4 Å². The van der Waals surface area contributed by atoms with E-state index in [9.17, 15) is 0 Å². The van der Waals surface area contributed by atoms with Crippen molar-refractivity contribution in [1.29, 1.82) is 0 Å². The molecule has 0 amide bonds. The van der Waals surface area contributed by atoms with Gasteiger partial charge in [-0.15, -0.1) is 0 Å². The van der Waals surface area contributed by atoms with Crippen LogP contribution in [0.3, 0.4) is 0 Å². The molecule has 0 aliphatic heterocycles. The summed E-state index contributed by atoms with van der Waals surface area (Å²) < 4.78 is 0. The van der Waals surface area contributed by atoms with E-state index in [2.05, 4.69) is 15.4 Å². The lowest BCUT2D eigenvalue weighted by atomic mass is 10.1. The minimum atomic E-state index is 0.842. The topological polar surface area (TPSA) is 63.8 Å². The van der Waals surface area contributed by atoms with Crippen molar-refractivity contribution >= 4 is 5.69 Å². The van der Waals surface area contributed by atoms with E-state index in [1.165, 1.54) is 0 Å². The molecule has 0 fully saturated rings. The lowest BCUT2D eigenvalue weighted by Crippen LogP contribution is -2.06. The second-order valence-corrected chi connectivity index (χ2v) is 3.26. The third-order valence-corrected chi connectivity index (χ3v) is 2.12. The standard InChI is InChI=1S/C11H12N4/c1-8-6-9(2-4-13-8)11-7-10(15-12)3-5-14-11/h2-7H,12H2,1H3,(H,14,15). The summed E-state index contributed by atoms with van der Waals surface area (Å²) in [6.07, 6.45) is 3.50. The maximum atomic E-state index is 5.34. The van der Waals surface area contributed by atoms with Gasteiger partial charge in [0.05, 0.1) is 11.4 Å². The van der Waals surface area contributed by atoms with Gasteiger partial charge in [-0.05, 0) is 31.2 Å². The van der Waals surface area contributed by atoms with Crippen LogP contribution >= 0.6 is 0 Å². The number of nitrogens with zero attached hydrogens (tertiary/aromatic N) is 2. The van der Waals surface area contributed by atoms with Gasteiger partial charge >= 0.3 is 0 Å². The molecule has 0 saturated carbocycles. The maximum Gasteiger partial charge on any atom is 0.0724 e. The summed E-state index contributed by atoms with van der Waals surface area (Å²) in [6.45, 7) is 1.95. The van der Waals surface area contributed by atoms with Gasteiger partial charge in [-0.25, -0.2) is 0 Å². The Hall–Kier alpha value is -1.94. The monoisotopic (exact) mass is 200 g/mol. The van der Waals surface area contributed by atoms with Crippen LogP contribution in [-0.4, -0.2) is 9.97 Å². The smallest absolute Gasteiger partial charge is 0.0724 e. The van der Waals surface area contributed by atoms with Gasteiger partial charge in [0.15, 0.2) is 0 Å². The van der Waals surface area contributed by atoms with Gasteiger partial charge in [-0.3, -0.25) is 15.8 Å². The van der Waals surface area contributed by atoms with Crippen LogP contribution in [0.2, 0.25) is 0 Å². The fourth-order valence-corrected chi connectivity index (χ4v) is 1.38. The summed E-state index contributed by atoms with van der Waals surface area (Å²) in [5.41, 5.74) is 6.34. The van der Waals surface area contributed by atoms with E-state index < -0.39 is 0 Å². The fraction of sp³-hybridized carbons (Fsp3) is 0.0909. The van der Waals surface area contributed by atoms with E-state index in [0.717, 1.165) is 22.6 Å². The molecular formula is C11H12N4. The molecule has 0 aliphatic carbocycles. The van der Waals surface area contributed by atoms with Crippen molar-refractivity contribution in [2.24, 2.45) is 5.84 Å². The van der Waals surface area contributed by atoms with Crippen molar-refractivity contribution in [2.75, 3.05) is 5.43 Å². The number of hydrogen-bond acceptors (Lipinski definition) is 4. The molecule has 0 unspecified atom stereocenters. The zero-order valence-electron chi connectivity index (χ0n) is 8.44. The highest BCUT2D eigenvalue weighted by atomic mass is 15.2. The number of aryl methyl sites for hydroxylation is 1. The Labute approximate surface area is 88.2 Å². The second kappa shape index (κ2) is 4.06. The van der Waals surface area contributed by atoms with Crippen LogP contribution in [0.5, 0.6) is 0 Å². The second-order valence-electron chi connectivity index (χ2n) is 3.26. The van der Waals surface area contributed by atoms with Gasteiger partial charge in [-0.1, -0.05) is 0 Å². The maximum absolute atomic E-state index is 5.34. The van der Waals surface area contributed by atoms with Gasteiger partial charge in [0.25, 0.3) is 0 Å². The predicted octanol–water partition coefficient (Wildman–Crippen LogP) is 1.74. The normalized spacial score (nSPS) is 10.0. The summed E-state index contributed by atoms with van der Waals surface area (Å²) in [5, 5.41) is 0. The molecule has 4 nitrogen and oxygen atoms in total. The highest BCUT2D eigenvalue weighted by molar-refractivity contribution is 5.63. The lowest BCUT2D eigenvalue weighted by Gasteiger charge is -2.04. The summed E-state index contributed by atoms with van der Waals surface area (Å²) >= 11 is 0. The van der Waals surface area contributed by atoms with Gasteiger partial charge in [0, 0.05) is 23.7 Å². The number of nitrogens with two attached hydrogens (primary N) is 1. The van der Waals surface area contributed by atoms with Crippen molar-refractivity contribution in [3.8, 4) is 11.3 Å². The number of pyridine rings is 2. The molecule has 0 atom stereocenters. The molecule has 0 saturated heterocycles. The van der Waals surface area contributed by atoms with E-state index >= 15 is 0 Å². The average molecular weight is 200 g/mol. The Kier molecular flexibility index (Phi) is 2.60.